The van der Waals surface area contributed by atoms with E-state index in [1.54, 1.807) is 0 Å². The summed E-state index contributed by atoms with van der Waals surface area (Å²) in [4.78, 5) is 54.4. The van der Waals surface area contributed by atoms with Crippen molar-refractivity contribution in [3.05, 3.63) is 12.2 Å². The van der Waals surface area contributed by atoms with Gasteiger partial charge in [-0.3, -0.25) is 19.1 Å². The molecule has 0 aromatic rings. The zero-order valence-corrected chi connectivity index (χ0v) is 23.4. The maximum Gasteiger partial charge on any atom is 0.315 e. The number of nitrogens with zero attached hydrogens (tertiary/aromatic N) is 1. The number of rotatable bonds is 4. The smallest absolute Gasteiger partial charge is 0.315 e. The number of amides is 5. The minimum absolute atomic E-state index is 0.305. The van der Waals surface area contributed by atoms with Crippen LogP contribution in [-0.4, -0.2) is 72.0 Å². The van der Waals surface area contributed by atoms with Gasteiger partial charge in [-0.15, -0.1) is 0 Å². The van der Waals surface area contributed by atoms with Crippen LogP contribution in [0.2, 0.25) is 0 Å². The van der Waals surface area contributed by atoms with Crippen molar-refractivity contribution in [3.8, 4) is 0 Å². The Morgan fingerprint density at radius 1 is 1.05 bits per heavy atom. The first-order valence-electron chi connectivity index (χ1n) is 13.8. The van der Waals surface area contributed by atoms with Crippen LogP contribution in [0.3, 0.4) is 0 Å². The molecule has 4 N–H and O–H groups in total. The highest BCUT2D eigenvalue weighted by molar-refractivity contribution is 7.91. The van der Waals surface area contributed by atoms with E-state index in [1.807, 2.05) is 32.9 Å². The number of fused-ring (bicyclic) bond motifs is 2. The van der Waals surface area contributed by atoms with E-state index in [1.165, 1.54) is 4.90 Å². The highest BCUT2D eigenvalue weighted by Gasteiger charge is 2.61. The molecule has 0 radical (unpaired) electrons. The summed E-state index contributed by atoms with van der Waals surface area (Å²) in [5.41, 5.74) is -1.82. The molecule has 212 valence electrons. The fourth-order valence-electron chi connectivity index (χ4n) is 5.31. The molecule has 3 fully saturated rings. The molecule has 0 aromatic heterocycles. The number of nitrogens with one attached hydrogen (secondary N) is 4. The molecule has 1 saturated heterocycles. The fraction of sp³-hybridized carbons (Fsp3) is 0.769. The number of urea groups is 1. The van der Waals surface area contributed by atoms with Crippen molar-refractivity contribution in [1.82, 2.24) is 25.6 Å². The molecule has 5 amide bonds. The summed E-state index contributed by atoms with van der Waals surface area (Å²) in [5, 5.41) is 7.92. The topological polar surface area (TPSA) is 154 Å². The average Bonchev–Trinajstić information content (AvgIpc) is 3.72. The van der Waals surface area contributed by atoms with E-state index in [-0.39, 0.29) is 11.8 Å². The largest absolute Gasteiger partial charge is 0.339 e. The van der Waals surface area contributed by atoms with Crippen molar-refractivity contribution >= 4 is 33.8 Å². The first kappa shape index (κ1) is 28.4. The van der Waals surface area contributed by atoms with Gasteiger partial charge in [-0.1, -0.05) is 25.0 Å². The van der Waals surface area contributed by atoms with Crippen molar-refractivity contribution in [3.63, 3.8) is 0 Å². The second-order valence-electron chi connectivity index (χ2n) is 12.1. The molecule has 4 atom stereocenters. The number of carbonyl (C=O) groups excluding carboxylic acids is 4. The minimum Gasteiger partial charge on any atom is -0.339 e. The van der Waals surface area contributed by atoms with Gasteiger partial charge in [-0.05, 0) is 72.1 Å². The molecule has 4 aliphatic rings. The first-order chi connectivity index (χ1) is 17.8. The number of hydrogen-bond acceptors (Lipinski definition) is 6. The lowest BCUT2D eigenvalue weighted by atomic mass is 10.0. The number of sulfonamides is 1. The van der Waals surface area contributed by atoms with Gasteiger partial charge in [0, 0.05) is 18.0 Å². The van der Waals surface area contributed by atoms with E-state index in [9.17, 15) is 27.6 Å². The standard InChI is InChI=1S/C26H41N5O6S/c1-25(2,3)29-24(35)27-19-11-8-6-4-5-7-10-17-16-26(17,23(34)30-38(36,37)18-13-14-18)28-21(32)20-12-9-15-31(20)22(19)33/h7,10,17-20H,4-6,8-9,11-16H2,1-3H3,(H,28,32)(H,30,34)(H2,27,29,35)/b10-7-/t17-,19+,20+,26-/m1/s1. The Kier molecular flexibility index (Phi) is 8.11. The Balaban J connectivity index is 1.54. The van der Waals surface area contributed by atoms with Gasteiger partial charge in [0.05, 0.1) is 5.25 Å². The molecule has 0 aromatic carbocycles. The predicted molar refractivity (Wildman–Crippen MR) is 141 cm³/mol. The number of allylic oxidation sites excluding steroid dienone is 1. The Bertz CT molecular complexity index is 1100. The molecule has 12 heteroatoms. The summed E-state index contributed by atoms with van der Waals surface area (Å²) in [6.07, 6.45) is 9.93. The molecule has 0 spiro atoms. The van der Waals surface area contributed by atoms with Gasteiger partial charge >= 0.3 is 6.03 Å². The average molecular weight is 552 g/mol. The van der Waals surface area contributed by atoms with Crippen LogP contribution in [0.25, 0.3) is 0 Å². The molecule has 38 heavy (non-hydrogen) atoms. The molecule has 11 nitrogen and oxygen atoms in total. The van der Waals surface area contributed by atoms with Gasteiger partial charge < -0.3 is 20.9 Å². The summed E-state index contributed by atoms with van der Waals surface area (Å²) >= 11 is 0. The molecular formula is C26H41N5O6S. The van der Waals surface area contributed by atoms with Crippen molar-refractivity contribution in [2.45, 2.75) is 113 Å². The van der Waals surface area contributed by atoms with E-state index in [4.69, 9.17) is 0 Å². The van der Waals surface area contributed by atoms with Gasteiger partial charge in [0.15, 0.2) is 0 Å². The zero-order valence-electron chi connectivity index (χ0n) is 22.5. The molecular weight excluding hydrogens is 510 g/mol. The van der Waals surface area contributed by atoms with E-state index in [0.717, 1.165) is 25.7 Å². The second kappa shape index (κ2) is 10.9. The van der Waals surface area contributed by atoms with Crippen molar-refractivity contribution in [1.29, 1.82) is 0 Å². The highest BCUT2D eigenvalue weighted by atomic mass is 32.2. The molecule has 2 aliphatic carbocycles. The van der Waals surface area contributed by atoms with Crippen LogP contribution in [0.5, 0.6) is 0 Å². The van der Waals surface area contributed by atoms with Crippen LogP contribution >= 0.6 is 0 Å². The second-order valence-corrected chi connectivity index (χ2v) is 14.1. The van der Waals surface area contributed by atoms with Gasteiger partial charge in [0.2, 0.25) is 21.8 Å². The molecule has 4 rings (SSSR count). The van der Waals surface area contributed by atoms with Gasteiger partial charge in [0.1, 0.15) is 17.6 Å². The minimum atomic E-state index is -3.77. The molecule has 2 saturated carbocycles. The van der Waals surface area contributed by atoms with E-state index < -0.39 is 56.3 Å². The van der Waals surface area contributed by atoms with Crippen LogP contribution in [0.15, 0.2) is 12.2 Å². The monoisotopic (exact) mass is 551 g/mol. The SMILES string of the molecule is CC(C)(C)NC(=O)N[C@H]1CCCCC/C=C\[C@@H]2C[C@@]2(C(=O)NS(=O)(=O)C2CC2)NC(=O)[C@@H]2CCCN2C1=O. The highest BCUT2D eigenvalue weighted by Crippen LogP contribution is 2.46. The molecule has 0 bridgehead atoms. The number of hydrogen-bond donors (Lipinski definition) is 4. The lowest BCUT2D eigenvalue weighted by Crippen LogP contribution is -2.59. The maximum absolute atomic E-state index is 13.6. The van der Waals surface area contributed by atoms with Crippen LogP contribution in [0.4, 0.5) is 4.79 Å². The Morgan fingerprint density at radius 3 is 2.47 bits per heavy atom. The zero-order chi connectivity index (χ0) is 27.7. The quantitative estimate of drug-likeness (QED) is 0.388. The fourth-order valence-corrected chi connectivity index (χ4v) is 6.67. The van der Waals surface area contributed by atoms with E-state index in [2.05, 4.69) is 20.7 Å². The van der Waals surface area contributed by atoms with E-state index >= 15 is 0 Å². The van der Waals surface area contributed by atoms with Crippen LogP contribution in [0.1, 0.15) is 85.0 Å². The summed E-state index contributed by atoms with van der Waals surface area (Å²) in [5.74, 6) is -1.82. The van der Waals surface area contributed by atoms with Crippen LogP contribution in [-0.2, 0) is 24.4 Å². The Morgan fingerprint density at radius 2 is 1.79 bits per heavy atom. The van der Waals surface area contributed by atoms with Crippen LogP contribution < -0.4 is 20.7 Å². The third-order valence-electron chi connectivity index (χ3n) is 7.63. The van der Waals surface area contributed by atoms with E-state index in [0.29, 0.717) is 45.1 Å². The van der Waals surface area contributed by atoms with Gasteiger partial charge in [-0.25, -0.2) is 13.2 Å². The summed E-state index contributed by atoms with van der Waals surface area (Å²) in [6, 6.07) is -2.01. The Labute approximate surface area is 225 Å². The third kappa shape index (κ3) is 6.68. The van der Waals surface area contributed by atoms with Gasteiger partial charge in [0.25, 0.3) is 5.91 Å². The maximum atomic E-state index is 13.6. The normalized spacial score (nSPS) is 31.6. The van der Waals surface area contributed by atoms with Crippen molar-refractivity contribution < 1.29 is 27.6 Å². The van der Waals surface area contributed by atoms with Crippen LogP contribution in [0, 0.1) is 5.92 Å². The van der Waals surface area contributed by atoms with Gasteiger partial charge in [-0.2, -0.15) is 0 Å². The molecule has 2 aliphatic heterocycles. The predicted octanol–water partition coefficient (Wildman–Crippen LogP) is 1.45. The summed E-state index contributed by atoms with van der Waals surface area (Å²) < 4.78 is 27.1. The lowest BCUT2D eigenvalue weighted by Gasteiger charge is -2.31. The van der Waals surface area contributed by atoms with Crippen molar-refractivity contribution in [2.24, 2.45) is 5.92 Å². The Hall–Kier alpha value is -2.63. The number of carbonyl (C=O) groups is 4. The summed E-state index contributed by atoms with van der Waals surface area (Å²) in [6.45, 7) is 5.93. The van der Waals surface area contributed by atoms with Crippen molar-refractivity contribution in [2.75, 3.05) is 6.54 Å². The molecule has 0 unspecified atom stereocenters. The first-order valence-corrected chi connectivity index (χ1v) is 15.3. The lowest BCUT2D eigenvalue weighted by molar-refractivity contribution is -0.141. The summed E-state index contributed by atoms with van der Waals surface area (Å²) in [7, 11) is -3.77. The third-order valence-corrected chi connectivity index (χ3v) is 9.45. The molecule has 2 heterocycles.